The number of anilines is 1. The number of nitrogens with one attached hydrogen (secondary N) is 1. The number of carbonyl (C=O) groups is 2. The quantitative estimate of drug-likeness (QED) is 0.846. The standard InChI is InChI=1S/C14H20N2O3S/c1-4-12(9-20-3)16(2)14(19)15-11-7-5-6-10(8-11)13(17)18/h5-8,12H,4,9H2,1-3H3,(H,15,19)(H,17,18). The fourth-order valence-corrected chi connectivity index (χ4v) is 2.65. The van der Waals surface area contributed by atoms with Crippen LogP contribution in [0.15, 0.2) is 24.3 Å². The molecular weight excluding hydrogens is 276 g/mol. The van der Waals surface area contributed by atoms with Gasteiger partial charge in [-0.05, 0) is 30.9 Å². The molecule has 110 valence electrons. The highest BCUT2D eigenvalue weighted by molar-refractivity contribution is 7.98. The van der Waals surface area contributed by atoms with Crippen LogP contribution < -0.4 is 5.32 Å². The molecule has 2 amide bonds. The van der Waals surface area contributed by atoms with Crippen LogP contribution in [0.4, 0.5) is 10.5 Å². The lowest BCUT2D eigenvalue weighted by atomic mass is 10.2. The molecule has 0 fully saturated rings. The van der Waals surface area contributed by atoms with Gasteiger partial charge in [0.2, 0.25) is 0 Å². The van der Waals surface area contributed by atoms with Crippen LogP contribution in [0.2, 0.25) is 0 Å². The minimum atomic E-state index is -1.01. The molecule has 0 aliphatic heterocycles. The van der Waals surface area contributed by atoms with E-state index < -0.39 is 5.97 Å². The summed E-state index contributed by atoms with van der Waals surface area (Å²) in [6.45, 7) is 2.04. The molecule has 1 atom stereocenters. The van der Waals surface area contributed by atoms with E-state index in [9.17, 15) is 9.59 Å². The van der Waals surface area contributed by atoms with Gasteiger partial charge in [-0.1, -0.05) is 13.0 Å². The van der Waals surface area contributed by atoms with E-state index >= 15 is 0 Å². The van der Waals surface area contributed by atoms with E-state index in [1.165, 1.54) is 12.1 Å². The molecule has 0 saturated carbocycles. The number of thioether (sulfide) groups is 1. The van der Waals surface area contributed by atoms with Gasteiger partial charge in [-0.15, -0.1) is 0 Å². The number of carboxylic acids is 1. The van der Waals surface area contributed by atoms with Gasteiger partial charge in [0.15, 0.2) is 0 Å². The predicted molar refractivity (Wildman–Crippen MR) is 82.6 cm³/mol. The Morgan fingerprint density at radius 1 is 1.45 bits per heavy atom. The minimum Gasteiger partial charge on any atom is -0.478 e. The molecule has 2 N–H and O–H groups in total. The van der Waals surface area contributed by atoms with Crippen molar-refractivity contribution in [2.45, 2.75) is 19.4 Å². The third kappa shape index (κ3) is 4.45. The largest absolute Gasteiger partial charge is 0.478 e. The summed E-state index contributed by atoms with van der Waals surface area (Å²) in [5, 5.41) is 11.6. The molecule has 0 radical (unpaired) electrons. The molecule has 0 heterocycles. The van der Waals surface area contributed by atoms with Crippen molar-refractivity contribution in [2.24, 2.45) is 0 Å². The number of carbonyl (C=O) groups excluding carboxylic acids is 1. The number of carboxylic acid groups (broad SMARTS) is 1. The third-order valence-corrected chi connectivity index (χ3v) is 3.78. The van der Waals surface area contributed by atoms with Gasteiger partial charge >= 0.3 is 12.0 Å². The first-order valence-corrected chi connectivity index (χ1v) is 7.75. The summed E-state index contributed by atoms with van der Waals surface area (Å²) < 4.78 is 0. The van der Waals surface area contributed by atoms with Gasteiger partial charge in [0.1, 0.15) is 0 Å². The zero-order valence-corrected chi connectivity index (χ0v) is 12.7. The number of rotatable bonds is 6. The van der Waals surface area contributed by atoms with Crippen molar-refractivity contribution < 1.29 is 14.7 Å². The molecule has 1 unspecified atom stereocenters. The number of urea groups is 1. The van der Waals surface area contributed by atoms with E-state index in [0.717, 1.165) is 12.2 Å². The number of amides is 2. The second-order valence-corrected chi connectivity index (χ2v) is 5.36. The molecule has 1 aromatic carbocycles. The third-order valence-electron chi connectivity index (χ3n) is 3.06. The average molecular weight is 296 g/mol. The van der Waals surface area contributed by atoms with E-state index in [-0.39, 0.29) is 17.6 Å². The van der Waals surface area contributed by atoms with Crippen LogP contribution in [0.3, 0.4) is 0 Å². The Labute approximate surface area is 123 Å². The fourth-order valence-electron chi connectivity index (χ4n) is 1.80. The monoisotopic (exact) mass is 296 g/mol. The first kappa shape index (κ1) is 16.4. The smallest absolute Gasteiger partial charge is 0.335 e. The molecule has 0 spiro atoms. The van der Waals surface area contributed by atoms with E-state index in [0.29, 0.717) is 5.69 Å². The highest BCUT2D eigenvalue weighted by atomic mass is 32.2. The average Bonchev–Trinajstić information content (AvgIpc) is 2.44. The van der Waals surface area contributed by atoms with Crippen LogP contribution in [0.5, 0.6) is 0 Å². The van der Waals surface area contributed by atoms with Crippen molar-refractivity contribution >= 4 is 29.4 Å². The molecule has 5 nitrogen and oxygen atoms in total. The Kier molecular flexibility index (Phi) is 6.38. The number of hydrogen-bond donors (Lipinski definition) is 2. The van der Waals surface area contributed by atoms with Gasteiger partial charge in [-0.25, -0.2) is 9.59 Å². The maximum absolute atomic E-state index is 12.1. The van der Waals surface area contributed by atoms with Crippen molar-refractivity contribution in [3.63, 3.8) is 0 Å². The topological polar surface area (TPSA) is 69.6 Å². The first-order chi connectivity index (χ1) is 9.49. The Balaban J connectivity index is 2.74. The molecule has 1 aromatic rings. The van der Waals surface area contributed by atoms with E-state index in [1.807, 2.05) is 13.2 Å². The molecule has 6 heteroatoms. The van der Waals surface area contributed by atoms with Gasteiger partial charge in [-0.3, -0.25) is 0 Å². The normalized spacial score (nSPS) is 11.8. The van der Waals surface area contributed by atoms with Gasteiger partial charge in [0, 0.05) is 24.5 Å². The maximum Gasteiger partial charge on any atom is 0.335 e. The summed E-state index contributed by atoms with van der Waals surface area (Å²) in [6.07, 6.45) is 2.88. The molecule has 0 saturated heterocycles. The van der Waals surface area contributed by atoms with Gasteiger partial charge in [0.25, 0.3) is 0 Å². The van der Waals surface area contributed by atoms with E-state index in [4.69, 9.17) is 5.11 Å². The summed E-state index contributed by atoms with van der Waals surface area (Å²) in [5.41, 5.74) is 0.641. The SMILES string of the molecule is CCC(CSC)N(C)C(=O)Nc1cccc(C(=O)O)c1. The molecule has 0 bridgehead atoms. The maximum atomic E-state index is 12.1. The van der Waals surface area contributed by atoms with Crippen LogP contribution in [0.25, 0.3) is 0 Å². The van der Waals surface area contributed by atoms with Crippen molar-refractivity contribution in [1.82, 2.24) is 4.90 Å². The molecule has 0 aliphatic carbocycles. The summed E-state index contributed by atoms with van der Waals surface area (Å²) in [4.78, 5) is 24.7. The number of hydrogen-bond acceptors (Lipinski definition) is 3. The summed E-state index contributed by atoms with van der Waals surface area (Å²) in [6, 6.07) is 6.15. The minimum absolute atomic E-state index is 0.154. The summed E-state index contributed by atoms with van der Waals surface area (Å²) in [7, 11) is 1.75. The first-order valence-electron chi connectivity index (χ1n) is 6.35. The van der Waals surface area contributed by atoms with E-state index in [2.05, 4.69) is 5.32 Å². The molecule has 0 aliphatic rings. The molecule has 0 aromatic heterocycles. The van der Waals surface area contributed by atoms with Gasteiger partial charge < -0.3 is 15.3 Å². The fraction of sp³-hybridized carbons (Fsp3) is 0.429. The van der Waals surface area contributed by atoms with E-state index in [1.54, 1.807) is 35.8 Å². The number of benzene rings is 1. The summed E-state index contributed by atoms with van der Waals surface area (Å²) >= 11 is 1.69. The zero-order chi connectivity index (χ0) is 15.1. The lowest BCUT2D eigenvalue weighted by molar-refractivity contribution is 0.0697. The lowest BCUT2D eigenvalue weighted by Gasteiger charge is -2.27. The van der Waals surface area contributed by atoms with Gasteiger partial charge in [0.05, 0.1) is 5.56 Å². The van der Waals surface area contributed by atoms with Crippen LogP contribution >= 0.6 is 11.8 Å². The van der Waals surface area contributed by atoms with Crippen molar-refractivity contribution in [3.8, 4) is 0 Å². The summed E-state index contributed by atoms with van der Waals surface area (Å²) in [5.74, 6) is -0.140. The zero-order valence-electron chi connectivity index (χ0n) is 11.9. The molecule has 1 rings (SSSR count). The second kappa shape index (κ2) is 7.79. The lowest BCUT2D eigenvalue weighted by Crippen LogP contribution is -2.41. The number of aromatic carboxylic acids is 1. The Morgan fingerprint density at radius 3 is 2.70 bits per heavy atom. The highest BCUT2D eigenvalue weighted by Crippen LogP contribution is 2.14. The van der Waals surface area contributed by atoms with Crippen molar-refractivity contribution in [3.05, 3.63) is 29.8 Å². The van der Waals surface area contributed by atoms with Crippen molar-refractivity contribution in [1.29, 1.82) is 0 Å². The second-order valence-electron chi connectivity index (χ2n) is 4.44. The molecular formula is C14H20N2O3S. The van der Waals surface area contributed by atoms with Crippen LogP contribution in [0, 0.1) is 0 Å². The Morgan fingerprint density at radius 2 is 2.15 bits per heavy atom. The van der Waals surface area contributed by atoms with Crippen LogP contribution in [-0.4, -0.2) is 47.1 Å². The van der Waals surface area contributed by atoms with Crippen molar-refractivity contribution in [2.75, 3.05) is 24.4 Å². The molecule has 20 heavy (non-hydrogen) atoms. The number of nitrogens with zero attached hydrogens (tertiary/aromatic N) is 1. The predicted octanol–water partition coefficient (Wildman–Crippen LogP) is 2.99. The Hall–Kier alpha value is -1.69. The highest BCUT2D eigenvalue weighted by Gasteiger charge is 2.18. The van der Waals surface area contributed by atoms with Crippen LogP contribution in [0.1, 0.15) is 23.7 Å². The van der Waals surface area contributed by atoms with Gasteiger partial charge in [-0.2, -0.15) is 11.8 Å². The van der Waals surface area contributed by atoms with Crippen LogP contribution in [-0.2, 0) is 0 Å². The Bertz CT molecular complexity index is 479.